The highest BCUT2D eigenvalue weighted by atomic mass is 16.6. The summed E-state index contributed by atoms with van der Waals surface area (Å²) in [6, 6.07) is 0. The predicted molar refractivity (Wildman–Crippen MR) is 78.2 cm³/mol. The zero-order chi connectivity index (χ0) is 14.5. The number of ether oxygens (including phenoxy) is 1. The first-order valence-electron chi connectivity index (χ1n) is 7.14. The summed E-state index contributed by atoms with van der Waals surface area (Å²) in [5.74, 6) is 0.669. The van der Waals surface area contributed by atoms with E-state index in [1.165, 1.54) is 5.57 Å². The van der Waals surface area contributed by atoms with Gasteiger partial charge >= 0.3 is 6.09 Å². The van der Waals surface area contributed by atoms with Crippen LogP contribution in [-0.2, 0) is 4.74 Å². The average molecular weight is 268 g/mol. The standard InChI is InChI=1S/C15H28N2O2/c1-12(2)10-16-11-13-6-8-17(9-7-13)14(18)19-15(3,4)5/h6,12,16H,7-11H2,1-5H3. The summed E-state index contributed by atoms with van der Waals surface area (Å²) < 4.78 is 5.37. The summed E-state index contributed by atoms with van der Waals surface area (Å²) >= 11 is 0. The third-order valence-corrected chi connectivity index (χ3v) is 2.86. The van der Waals surface area contributed by atoms with Crippen molar-refractivity contribution in [2.75, 3.05) is 26.2 Å². The van der Waals surface area contributed by atoms with E-state index in [1.54, 1.807) is 4.90 Å². The van der Waals surface area contributed by atoms with Crippen molar-refractivity contribution in [1.29, 1.82) is 0 Å². The minimum atomic E-state index is -0.417. The van der Waals surface area contributed by atoms with Crippen molar-refractivity contribution in [1.82, 2.24) is 10.2 Å². The van der Waals surface area contributed by atoms with Gasteiger partial charge in [0.2, 0.25) is 0 Å². The monoisotopic (exact) mass is 268 g/mol. The highest BCUT2D eigenvalue weighted by Gasteiger charge is 2.23. The molecule has 0 aromatic heterocycles. The zero-order valence-electron chi connectivity index (χ0n) is 13.0. The molecule has 1 amide bonds. The molecule has 1 heterocycles. The first-order valence-corrected chi connectivity index (χ1v) is 7.14. The molecule has 0 bridgehead atoms. The van der Waals surface area contributed by atoms with Crippen molar-refractivity contribution in [2.24, 2.45) is 5.92 Å². The highest BCUT2D eigenvalue weighted by molar-refractivity contribution is 5.68. The number of carbonyl (C=O) groups is 1. The molecule has 1 aliphatic heterocycles. The fourth-order valence-electron chi connectivity index (χ4n) is 1.89. The lowest BCUT2D eigenvalue weighted by Gasteiger charge is -2.29. The molecule has 1 aliphatic rings. The predicted octanol–water partition coefficient (Wildman–Crippen LogP) is 2.80. The molecule has 19 heavy (non-hydrogen) atoms. The number of rotatable bonds is 4. The van der Waals surface area contributed by atoms with Gasteiger partial charge < -0.3 is 15.0 Å². The van der Waals surface area contributed by atoms with Gasteiger partial charge in [0.25, 0.3) is 0 Å². The van der Waals surface area contributed by atoms with Gasteiger partial charge in [0, 0.05) is 19.6 Å². The molecule has 0 aromatic rings. The fraction of sp³-hybridized carbons (Fsp3) is 0.800. The molecule has 4 heteroatoms. The van der Waals surface area contributed by atoms with Gasteiger partial charge in [-0.05, 0) is 39.7 Å². The number of amides is 1. The van der Waals surface area contributed by atoms with Crippen LogP contribution in [0.15, 0.2) is 11.6 Å². The Kier molecular flexibility index (Phi) is 5.85. The summed E-state index contributed by atoms with van der Waals surface area (Å²) in [7, 11) is 0. The minimum Gasteiger partial charge on any atom is -0.444 e. The van der Waals surface area contributed by atoms with E-state index in [4.69, 9.17) is 4.74 Å². The molecule has 0 saturated heterocycles. The first kappa shape index (κ1) is 16.0. The van der Waals surface area contributed by atoms with Gasteiger partial charge in [0.05, 0.1) is 0 Å². The number of nitrogens with zero attached hydrogens (tertiary/aromatic N) is 1. The van der Waals surface area contributed by atoms with Crippen LogP contribution in [-0.4, -0.2) is 42.8 Å². The largest absolute Gasteiger partial charge is 0.444 e. The van der Waals surface area contributed by atoms with Crippen LogP contribution in [0.5, 0.6) is 0 Å². The maximum atomic E-state index is 11.9. The van der Waals surface area contributed by atoms with E-state index in [1.807, 2.05) is 20.8 Å². The Morgan fingerprint density at radius 1 is 1.47 bits per heavy atom. The molecular formula is C15H28N2O2. The Hall–Kier alpha value is -1.03. The van der Waals surface area contributed by atoms with Crippen LogP contribution < -0.4 is 5.32 Å². The summed E-state index contributed by atoms with van der Waals surface area (Å²) in [5.41, 5.74) is 0.973. The second kappa shape index (κ2) is 6.94. The maximum Gasteiger partial charge on any atom is 0.410 e. The maximum absolute atomic E-state index is 11.9. The van der Waals surface area contributed by atoms with Gasteiger partial charge in [-0.2, -0.15) is 0 Å². The molecule has 0 fully saturated rings. The van der Waals surface area contributed by atoms with Gasteiger partial charge in [-0.25, -0.2) is 4.79 Å². The molecule has 1 N–H and O–H groups in total. The van der Waals surface area contributed by atoms with Gasteiger partial charge in [0.1, 0.15) is 5.60 Å². The van der Waals surface area contributed by atoms with Crippen molar-refractivity contribution in [2.45, 2.75) is 46.6 Å². The Balaban J connectivity index is 2.34. The molecule has 0 aromatic carbocycles. The van der Waals surface area contributed by atoms with Crippen LogP contribution >= 0.6 is 0 Å². The molecule has 0 unspecified atom stereocenters. The summed E-state index contributed by atoms with van der Waals surface area (Å²) in [6.07, 6.45) is 2.86. The second-order valence-electron chi connectivity index (χ2n) is 6.56. The first-order chi connectivity index (χ1) is 8.78. The molecule has 4 nitrogen and oxygen atoms in total. The average Bonchev–Trinajstić information content (AvgIpc) is 2.27. The van der Waals surface area contributed by atoms with E-state index in [9.17, 15) is 4.79 Å². The van der Waals surface area contributed by atoms with Crippen LogP contribution in [0.4, 0.5) is 4.79 Å². The molecule has 0 spiro atoms. The van der Waals surface area contributed by atoms with E-state index in [0.717, 1.165) is 26.1 Å². The van der Waals surface area contributed by atoms with E-state index in [2.05, 4.69) is 25.2 Å². The van der Waals surface area contributed by atoms with Crippen LogP contribution in [0.25, 0.3) is 0 Å². The summed E-state index contributed by atoms with van der Waals surface area (Å²) in [5, 5.41) is 3.43. The molecule has 0 aliphatic carbocycles. The molecule has 0 atom stereocenters. The van der Waals surface area contributed by atoms with E-state index in [-0.39, 0.29) is 6.09 Å². The van der Waals surface area contributed by atoms with Crippen LogP contribution in [0, 0.1) is 5.92 Å². The van der Waals surface area contributed by atoms with Crippen LogP contribution in [0.1, 0.15) is 41.0 Å². The SMILES string of the molecule is CC(C)CNCC1=CCN(C(=O)OC(C)(C)C)CC1. The lowest BCUT2D eigenvalue weighted by Crippen LogP contribution is -2.40. The van der Waals surface area contributed by atoms with Gasteiger partial charge in [-0.1, -0.05) is 25.5 Å². The van der Waals surface area contributed by atoms with E-state index in [0.29, 0.717) is 12.5 Å². The van der Waals surface area contributed by atoms with Crippen LogP contribution in [0.2, 0.25) is 0 Å². The number of hydrogen-bond donors (Lipinski definition) is 1. The van der Waals surface area contributed by atoms with Gasteiger partial charge in [-0.3, -0.25) is 0 Å². The quantitative estimate of drug-likeness (QED) is 0.797. The third-order valence-electron chi connectivity index (χ3n) is 2.86. The normalized spacial score (nSPS) is 16.5. The smallest absolute Gasteiger partial charge is 0.410 e. The topological polar surface area (TPSA) is 41.6 Å². The van der Waals surface area contributed by atoms with Crippen LogP contribution in [0.3, 0.4) is 0 Å². The molecule has 0 radical (unpaired) electrons. The number of nitrogens with one attached hydrogen (secondary N) is 1. The Bertz CT molecular complexity index is 330. The van der Waals surface area contributed by atoms with Crippen molar-refractivity contribution >= 4 is 6.09 Å². The minimum absolute atomic E-state index is 0.210. The molecule has 1 rings (SSSR count). The third kappa shape index (κ3) is 6.62. The zero-order valence-corrected chi connectivity index (χ0v) is 13.0. The lowest BCUT2D eigenvalue weighted by atomic mass is 10.1. The number of carbonyl (C=O) groups excluding carboxylic acids is 1. The van der Waals surface area contributed by atoms with Crippen molar-refractivity contribution in [3.63, 3.8) is 0 Å². The molecule has 110 valence electrons. The number of hydrogen-bond acceptors (Lipinski definition) is 3. The van der Waals surface area contributed by atoms with E-state index >= 15 is 0 Å². The van der Waals surface area contributed by atoms with E-state index < -0.39 is 5.60 Å². The summed E-state index contributed by atoms with van der Waals surface area (Å²) in [4.78, 5) is 13.6. The van der Waals surface area contributed by atoms with Crippen molar-refractivity contribution in [3.05, 3.63) is 11.6 Å². The van der Waals surface area contributed by atoms with Gasteiger partial charge in [0.15, 0.2) is 0 Å². The second-order valence-corrected chi connectivity index (χ2v) is 6.56. The van der Waals surface area contributed by atoms with Gasteiger partial charge in [-0.15, -0.1) is 0 Å². The van der Waals surface area contributed by atoms with Crippen molar-refractivity contribution in [3.8, 4) is 0 Å². The Labute approximate surface area is 117 Å². The Morgan fingerprint density at radius 2 is 2.16 bits per heavy atom. The highest BCUT2D eigenvalue weighted by Crippen LogP contribution is 2.14. The summed E-state index contributed by atoms with van der Waals surface area (Å²) in [6.45, 7) is 13.5. The molecule has 0 saturated carbocycles. The Morgan fingerprint density at radius 3 is 2.63 bits per heavy atom. The molecular weight excluding hydrogens is 240 g/mol. The van der Waals surface area contributed by atoms with Crippen molar-refractivity contribution < 1.29 is 9.53 Å². The lowest BCUT2D eigenvalue weighted by molar-refractivity contribution is 0.0265. The fourth-order valence-corrected chi connectivity index (χ4v) is 1.89.